The zero-order valence-electron chi connectivity index (χ0n) is 12.2. The molecule has 1 heterocycles. The molecule has 23 heavy (non-hydrogen) atoms. The Balaban J connectivity index is 2.02. The molecule has 0 saturated carbocycles. The fourth-order valence-electron chi connectivity index (χ4n) is 1.87. The summed E-state index contributed by atoms with van der Waals surface area (Å²) in [5.74, 6) is -1.13. The highest BCUT2D eigenvalue weighted by Gasteiger charge is 2.24. The molecule has 1 aromatic carbocycles. The topological polar surface area (TPSA) is 101 Å². The van der Waals surface area contributed by atoms with Crippen LogP contribution in [0.1, 0.15) is 11.5 Å². The van der Waals surface area contributed by atoms with Gasteiger partial charge in [-0.25, -0.2) is 17.5 Å². The lowest BCUT2D eigenvalue weighted by Gasteiger charge is -2.08. The van der Waals surface area contributed by atoms with E-state index < -0.39 is 28.3 Å². The summed E-state index contributed by atoms with van der Waals surface area (Å²) in [7, 11) is -3.93. The maximum absolute atomic E-state index is 13.0. The highest BCUT2D eigenvalue weighted by atomic mass is 35.5. The van der Waals surface area contributed by atoms with Gasteiger partial charge in [-0.1, -0.05) is 16.8 Å². The van der Waals surface area contributed by atoms with E-state index in [4.69, 9.17) is 16.1 Å². The van der Waals surface area contributed by atoms with Gasteiger partial charge in [0.1, 0.15) is 16.4 Å². The van der Waals surface area contributed by atoms with Crippen LogP contribution < -0.4 is 10.0 Å². The molecule has 0 atom stereocenters. The van der Waals surface area contributed by atoms with E-state index >= 15 is 0 Å². The number of carbonyl (C=O) groups excluding carboxylic acids is 1. The highest BCUT2D eigenvalue weighted by molar-refractivity contribution is 7.89. The molecule has 2 aromatic rings. The molecule has 0 fully saturated rings. The molecule has 1 amide bonds. The number of anilines is 1. The number of aryl methyl sites for hydroxylation is 2. The summed E-state index contributed by atoms with van der Waals surface area (Å²) < 4.78 is 44.2. The molecule has 0 aliphatic carbocycles. The van der Waals surface area contributed by atoms with Crippen molar-refractivity contribution in [3.63, 3.8) is 0 Å². The van der Waals surface area contributed by atoms with Gasteiger partial charge in [-0.2, -0.15) is 0 Å². The number of nitrogens with one attached hydrogen (secondary N) is 2. The molecule has 0 saturated heterocycles. The van der Waals surface area contributed by atoms with Gasteiger partial charge in [0, 0.05) is 5.69 Å². The van der Waals surface area contributed by atoms with Crippen molar-refractivity contribution in [3.05, 3.63) is 40.5 Å². The summed E-state index contributed by atoms with van der Waals surface area (Å²) in [5.41, 5.74) is 0.443. The minimum absolute atomic E-state index is 0.102. The number of carbonyl (C=O) groups is 1. The van der Waals surface area contributed by atoms with E-state index in [1.165, 1.54) is 26.0 Å². The van der Waals surface area contributed by atoms with E-state index in [1.807, 2.05) is 0 Å². The quantitative estimate of drug-likeness (QED) is 0.848. The monoisotopic (exact) mass is 361 g/mol. The van der Waals surface area contributed by atoms with Crippen molar-refractivity contribution in [2.45, 2.75) is 18.7 Å². The lowest BCUT2D eigenvalue weighted by atomic mass is 10.3. The maximum Gasteiger partial charge on any atom is 0.246 e. The normalized spacial score (nSPS) is 11.5. The van der Waals surface area contributed by atoms with Crippen molar-refractivity contribution in [3.8, 4) is 0 Å². The first-order valence-corrected chi connectivity index (χ1v) is 8.24. The molecule has 1 aromatic heterocycles. The van der Waals surface area contributed by atoms with Crippen molar-refractivity contribution in [2.75, 3.05) is 11.9 Å². The Labute approximate surface area is 136 Å². The molecular weight excluding hydrogens is 349 g/mol. The lowest BCUT2D eigenvalue weighted by Crippen LogP contribution is -2.33. The van der Waals surface area contributed by atoms with Crippen LogP contribution in [0.2, 0.25) is 5.02 Å². The average Bonchev–Trinajstić information content (AvgIpc) is 2.81. The number of rotatable bonds is 5. The molecule has 124 valence electrons. The van der Waals surface area contributed by atoms with Crippen molar-refractivity contribution in [1.82, 2.24) is 9.88 Å². The van der Waals surface area contributed by atoms with Crippen LogP contribution in [0.3, 0.4) is 0 Å². The predicted molar refractivity (Wildman–Crippen MR) is 81.2 cm³/mol. The van der Waals surface area contributed by atoms with E-state index in [9.17, 15) is 17.6 Å². The van der Waals surface area contributed by atoms with Gasteiger partial charge in [-0.3, -0.25) is 4.79 Å². The van der Waals surface area contributed by atoms with Crippen LogP contribution in [-0.4, -0.2) is 26.0 Å². The number of benzene rings is 1. The molecule has 0 bridgehead atoms. The Morgan fingerprint density at radius 2 is 2.09 bits per heavy atom. The predicted octanol–water partition coefficient (Wildman–Crippen LogP) is 2.00. The summed E-state index contributed by atoms with van der Waals surface area (Å²) in [6.45, 7) is 2.42. The van der Waals surface area contributed by atoms with Gasteiger partial charge in [-0.15, -0.1) is 0 Å². The Hall–Kier alpha value is -1.97. The van der Waals surface area contributed by atoms with E-state index in [1.54, 1.807) is 0 Å². The number of aromatic nitrogens is 1. The second-order valence-corrected chi connectivity index (χ2v) is 6.77. The summed E-state index contributed by atoms with van der Waals surface area (Å²) in [5, 5.41) is 5.80. The van der Waals surface area contributed by atoms with E-state index in [0.29, 0.717) is 0 Å². The molecule has 7 nitrogen and oxygen atoms in total. The average molecular weight is 362 g/mol. The van der Waals surface area contributed by atoms with Crippen LogP contribution in [0.4, 0.5) is 10.1 Å². The molecular formula is C13H13ClFN3O4S. The fraction of sp³-hybridized carbons (Fsp3) is 0.231. The smallest absolute Gasteiger partial charge is 0.246 e. The van der Waals surface area contributed by atoms with Gasteiger partial charge in [0.15, 0.2) is 5.76 Å². The molecule has 2 rings (SSSR count). The number of halogens is 2. The minimum Gasteiger partial charge on any atom is -0.360 e. The van der Waals surface area contributed by atoms with Crippen LogP contribution in [0, 0.1) is 19.7 Å². The third-order valence-corrected chi connectivity index (χ3v) is 4.80. The number of amides is 1. The summed E-state index contributed by atoms with van der Waals surface area (Å²) in [6, 6.07) is 3.62. The SMILES string of the molecule is Cc1noc(C)c1S(=O)(=O)NCC(=O)Nc1ccc(F)c(Cl)c1. The zero-order chi connectivity index (χ0) is 17.2. The molecule has 0 unspecified atom stereocenters. The number of hydrogen-bond donors (Lipinski definition) is 2. The largest absolute Gasteiger partial charge is 0.360 e. The highest BCUT2D eigenvalue weighted by Crippen LogP contribution is 2.20. The van der Waals surface area contributed by atoms with Crippen LogP contribution in [0.15, 0.2) is 27.6 Å². The van der Waals surface area contributed by atoms with Crippen molar-refractivity contribution < 1.29 is 22.1 Å². The van der Waals surface area contributed by atoms with E-state index in [2.05, 4.69) is 15.2 Å². The van der Waals surface area contributed by atoms with Gasteiger partial charge < -0.3 is 9.84 Å². The lowest BCUT2D eigenvalue weighted by molar-refractivity contribution is -0.115. The molecule has 0 radical (unpaired) electrons. The summed E-state index contributed by atoms with van der Waals surface area (Å²) in [4.78, 5) is 11.7. The third-order valence-electron chi connectivity index (χ3n) is 2.86. The first kappa shape index (κ1) is 17.4. The Morgan fingerprint density at radius 1 is 1.39 bits per heavy atom. The number of sulfonamides is 1. The van der Waals surface area contributed by atoms with Crippen LogP contribution in [-0.2, 0) is 14.8 Å². The second-order valence-electron chi connectivity index (χ2n) is 4.65. The standard InChI is InChI=1S/C13H13ClFN3O4S/c1-7-13(8(2)22-18-7)23(20,21)16-6-12(19)17-9-3-4-11(15)10(14)5-9/h3-5,16H,6H2,1-2H3,(H,17,19). The van der Waals surface area contributed by atoms with Crippen LogP contribution in [0.25, 0.3) is 0 Å². The van der Waals surface area contributed by atoms with Gasteiger partial charge in [0.25, 0.3) is 0 Å². The minimum atomic E-state index is -3.93. The fourth-order valence-corrected chi connectivity index (χ4v) is 3.36. The molecule has 0 aliphatic heterocycles. The first-order chi connectivity index (χ1) is 10.7. The molecule has 0 aliphatic rings. The van der Waals surface area contributed by atoms with Crippen molar-refractivity contribution in [2.24, 2.45) is 0 Å². The Morgan fingerprint density at radius 3 is 2.65 bits per heavy atom. The Kier molecular flexibility index (Phi) is 5.03. The summed E-state index contributed by atoms with van der Waals surface area (Å²) >= 11 is 5.59. The Bertz CT molecular complexity index is 831. The second kappa shape index (κ2) is 6.65. The van der Waals surface area contributed by atoms with Crippen LogP contribution >= 0.6 is 11.6 Å². The van der Waals surface area contributed by atoms with Gasteiger partial charge >= 0.3 is 0 Å². The van der Waals surface area contributed by atoms with Gasteiger partial charge in [0.05, 0.1) is 11.6 Å². The van der Waals surface area contributed by atoms with E-state index in [-0.39, 0.29) is 27.1 Å². The molecule has 0 spiro atoms. The van der Waals surface area contributed by atoms with Crippen molar-refractivity contribution in [1.29, 1.82) is 0 Å². The summed E-state index contributed by atoms with van der Waals surface area (Å²) in [6.07, 6.45) is 0. The van der Waals surface area contributed by atoms with E-state index in [0.717, 1.165) is 6.07 Å². The van der Waals surface area contributed by atoms with Gasteiger partial charge in [-0.05, 0) is 32.0 Å². The van der Waals surface area contributed by atoms with Gasteiger partial charge in [0.2, 0.25) is 15.9 Å². The molecule has 2 N–H and O–H groups in total. The van der Waals surface area contributed by atoms with Crippen molar-refractivity contribution >= 4 is 33.2 Å². The molecule has 10 heteroatoms. The number of nitrogens with zero attached hydrogens (tertiary/aromatic N) is 1. The first-order valence-electron chi connectivity index (χ1n) is 6.38. The maximum atomic E-state index is 13.0. The van der Waals surface area contributed by atoms with Crippen LogP contribution in [0.5, 0.6) is 0 Å². The third kappa shape index (κ3) is 4.06. The number of hydrogen-bond acceptors (Lipinski definition) is 5. The zero-order valence-corrected chi connectivity index (χ0v) is 13.8.